The molecule has 0 radical (unpaired) electrons. The second-order valence-electron chi connectivity index (χ2n) is 5.04. The van der Waals surface area contributed by atoms with Gasteiger partial charge in [0.25, 0.3) is 0 Å². The van der Waals surface area contributed by atoms with Gasteiger partial charge in [-0.25, -0.2) is 4.39 Å². The summed E-state index contributed by atoms with van der Waals surface area (Å²) < 4.78 is 13.8. The smallest absolute Gasteiger partial charge is 0.224 e. The lowest BCUT2D eigenvalue weighted by molar-refractivity contribution is -0.116. The molecular formula is C16H23BrFNO. The van der Waals surface area contributed by atoms with Crippen LogP contribution in [0.5, 0.6) is 0 Å². The number of nitrogens with one attached hydrogen (secondary N) is 1. The van der Waals surface area contributed by atoms with Gasteiger partial charge in [-0.15, -0.1) is 0 Å². The summed E-state index contributed by atoms with van der Waals surface area (Å²) in [6.07, 6.45) is 8.77. The normalized spacial score (nSPS) is 10.6. The fourth-order valence-electron chi connectivity index (χ4n) is 2.05. The van der Waals surface area contributed by atoms with Crippen LogP contribution in [0.15, 0.2) is 22.7 Å². The van der Waals surface area contributed by atoms with E-state index in [1.54, 1.807) is 6.07 Å². The van der Waals surface area contributed by atoms with E-state index in [4.69, 9.17) is 0 Å². The van der Waals surface area contributed by atoms with Crippen LogP contribution in [0.2, 0.25) is 0 Å². The van der Waals surface area contributed by atoms with Crippen molar-refractivity contribution in [3.63, 3.8) is 0 Å². The summed E-state index contributed by atoms with van der Waals surface area (Å²) in [5, 5.41) is 2.74. The summed E-state index contributed by atoms with van der Waals surface area (Å²) >= 11 is 3.29. The van der Waals surface area contributed by atoms with Crippen molar-refractivity contribution >= 4 is 27.5 Å². The minimum atomic E-state index is -0.348. The highest BCUT2D eigenvalue weighted by atomic mass is 79.9. The molecule has 0 aliphatic rings. The molecular weight excluding hydrogens is 321 g/mol. The van der Waals surface area contributed by atoms with E-state index in [1.165, 1.54) is 44.2 Å². The van der Waals surface area contributed by atoms with E-state index in [0.717, 1.165) is 12.8 Å². The Labute approximate surface area is 129 Å². The third-order valence-electron chi connectivity index (χ3n) is 3.21. The Kier molecular flexibility index (Phi) is 8.51. The highest BCUT2D eigenvalue weighted by Crippen LogP contribution is 2.23. The average molecular weight is 344 g/mol. The molecule has 0 saturated carbocycles. The van der Waals surface area contributed by atoms with Gasteiger partial charge in [0.15, 0.2) is 0 Å². The van der Waals surface area contributed by atoms with Crippen LogP contribution in [0.1, 0.15) is 58.3 Å². The molecule has 0 spiro atoms. The number of anilines is 1. The molecule has 0 bridgehead atoms. The van der Waals surface area contributed by atoms with Gasteiger partial charge >= 0.3 is 0 Å². The van der Waals surface area contributed by atoms with Crippen molar-refractivity contribution in [1.29, 1.82) is 0 Å². The quantitative estimate of drug-likeness (QED) is 0.575. The van der Waals surface area contributed by atoms with Gasteiger partial charge in [-0.1, -0.05) is 45.4 Å². The summed E-state index contributed by atoms with van der Waals surface area (Å²) in [6, 6.07) is 4.28. The van der Waals surface area contributed by atoms with Crippen LogP contribution in [-0.2, 0) is 4.79 Å². The van der Waals surface area contributed by atoms with Crippen LogP contribution < -0.4 is 5.32 Å². The number of halogens is 2. The second kappa shape index (κ2) is 9.92. The first-order valence-electron chi connectivity index (χ1n) is 7.38. The molecule has 0 aromatic heterocycles. The van der Waals surface area contributed by atoms with E-state index in [2.05, 4.69) is 28.2 Å². The lowest BCUT2D eigenvalue weighted by atomic mass is 10.1. The maximum atomic E-state index is 13.1. The number of amides is 1. The molecule has 112 valence electrons. The lowest BCUT2D eigenvalue weighted by Crippen LogP contribution is -2.11. The standard InChI is InChI=1S/C16H23BrFNO/c1-2-3-4-5-6-7-8-9-16(20)19-15-12-13(18)10-11-14(15)17/h10-12H,2-9H2,1H3,(H,19,20). The predicted octanol–water partition coefficient (Wildman–Crippen LogP) is 5.67. The molecule has 4 heteroatoms. The van der Waals surface area contributed by atoms with Crippen LogP contribution in [-0.4, -0.2) is 5.91 Å². The lowest BCUT2D eigenvalue weighted by Gasteiger charge is -2.07. The number of unbranched alkanes of at least 4 members (excludes halogenated alkanes) is 6. The molecule has 0 heterocycles. The molecule has 0 unspecified atom stereocenters. The largest absolute Gasteiger partial charge is 0.325 e. The Balaban J connectivity index is 2.19. The Bertz CT molecular complexity index is 423. The Morgan fingerprint density at radius 1 is 1.15 bits per heavy atom. The van der Waals surface area contributed by atoms with Gasteiger partial charge < -0.3 is 5.32 Å². The summed E-state index contributed by atoms with van der Waals surface area (Å²) in [6.45, 7) is 2.20. The van der Waals surface area contributed by atoms with Crippen molar-refractivity contribution in [1.82, 2.24) is 0 Å². The van der Waals surface area contributed by atoms with Crippen LogP contribution in [0.25, 0.3) is 0 Å². The zero-order valence-corrected chi connectivity index (χ0v) is 13.6. The molecule has 1 amide bonds. The summed E-state index contributed by atoms with van der Waals surface area (Å²) in [5.41, 5.74) is 0.498. The van der Waals surface area contributed by atoms with Crippen molar-refractivity contribution in [2.75, 3.05) is 5.32 Å². The van der Waals surface area contributed by atoms with Gasteiger partial charge in [0.2, 0.25) is 5.91 Å². The Morgan fingerprint density at radius 3 is 2.50 bits per heavy atom. The molecule has 1 N–H and O–H groups in total. The fourth-order valence-corrected chi connectivity index (χ4v) is 2.39. The maximum absolute atomic E-state index is 13.1. The minimum absolute atomic E-state index is 0.0511. The predicted molar refractivity (Wildman–Crippen MR) is 85.3 cm³/mol. The summed E-state index contributed by atoms with van der Waals surface area (Å²) in [4.78, 5) is 11.8. The molecule has 1 rings (SSSR count). The van der Waals surface area contributed by atoms with E-state index >= 15 is 0 Å². The van der Waals surface area contributed by atoms with Crippen molar-refractivity contribution in [3.05, 3.63) is 28.5 Å². The first kappa shape index (κ1) is 17.2. The molecule has 1 aromatic carbocycles. The third kappa shape index (κ3) is 7.04. The minimum Gasteiger partial charge on any atom is -0.325 e. The Morgan fingerprint density at radius 2 is 1.80 bits per heavy atom. The summed E-state index contributed by atoms with van der Waals surface area (Å²) in [7, 11) is 0. The van der Waals surface area contributed by atoms with E-state index in [-0.39, 0.29) is 11.7 Å². The van der Waals surface area contributed by atoms with Crippen molar-refractivity contribution in [2.24, 2.45) is 0 Å². The number of carbonyl (C=O) groups is 1. The van der Waals surface area contributed by atoms with Gasteiger partial charge in [-0.05, 0) is 40.5 Å². The van der Waals surface area contributed by atoms with Gasteiger partial charge in [-0.3, -0.25) is 4.79 Å². The van der Waals surface area contributed by atoms with Crippen LogP contribution in [0.4, 0.5) is 10.1 Å². The van der Waals surface area contributed by atoms with Gasteiger partial charge in [0.1, 0.15) is 5.82 Å². The van der Waals surface area contributed by atoms with Gasteiger partial charge in [0, 0.05) is 10.9 Å². The van der Waals surface area contributed by atoms with Gasteiger partial charge in [-0.2, -0.15) is 0 Å². The zero-order valence-electron chi connectivity index (χ0n) is 12.1. The van der Waals surface area contributed by atoms with E-state index in [0.29, 0.717) is 16.6 Å². The molecule has 0 aliphatic heterocycles. The van der Waals surface area contributed by atoms with E-state index < -0.39 is 0 Å². The number of carbonyl (C=O) groups excluding carboxylic acids is 1. The summed E-state index contributed by atoms with van der Waals surface area (Å²) in [5.74, 6) is -0.399. The van der Waals surface area contributed by atoms with Crippen molar-refractivity contribution in [3.8, 4) is 0 Å². The van der Waals surface area contributed by atoms with E-state index in [1.807, 2.05) is 0 Å². The highest BCUT2D eigenvalue weighted by Gasteiger charge is 2.06. The average Bonchev–Trinajstić information content (AvgIpc) is 2.42. The number of hydrogen-bond donors (Lipinski definition) is 1. The van der Waals surface area contributed by atoms with Crippen LogP contribution in [0, 0.1) is 5.82 Å². The molecule has 0 saturated heterocycles. The second-order valence-corrected chi connectivity index (χ2v) is 5.90. The first-order valence-corrected chi connectivity index (χ1v) is 8.17. The molecule has 0 aliphatic carbocycles. The number of hydrogen-bond acceptors (Lipinski definition) is 1. The number of rotatable bonds is 9. The highest BCUT2D eigenvalue weighted by molar-refractivity contribution is 9.10. The van der Waals surface area contributed by atoms with Crippen LogP contribution in [0.3, 0.4) is 0 Å². The van der Waals surface area contributed by atoms with Gasteiger partial charge in [0.05, 0.1) is 5.69 Å². The zero-order chi connectivity index (χ0) is 14.8. The molecule has 1 aromatic rings. The number of benzene rings is 1. The fraction of sp³-hybridized carbons (Fsp3) is 0.562. The molecule has 0 atom stereocenters. The van der Waals surface area contributed by atoms with E-state index in [9.17, 15) is 9.18 Å². The first-order chi connectivity index (χ1) is 9.63. The molecule has 0 fully saturated rings. The van der Waals surface area contributed by atoms with Crippen molar-refractivity contribution in [2.45, 2.75) is 58.3 Å². The topological polar surface area (TPSA) is 29.1 Å². The molecule has 2 nitrogen and oxygen atoms in total. The monoisotopic (exact) mass is 343 g/mol. The van der Waals surface area contributed by atoms with Crippen LogP contribution >= 0.6 is 15.9 Å². The van der Waals surface area contributed by atoms with Crippen molar-refractivity contribution < 1.29 is 9.18 Å². The maximum Gasteiger partial charge on any atom is 0.224 e. The molecule has 20 heavy (non-hydrogen) atoms. The third-order valence-corrected chi connectivity index (χ3v) is 3.90. The Hall–Kier alpha value is -0.900. The SMILES string of the molecule is CCCCCCCCCC(=O)Nc1cc(F)ccc1Br.